The second-order valence-corrected chi connectivity index (χ2v) is 5.34. The number of carbonyl (C=O) groups is 1. The van der Waals surface area contributed by atoms with E-state index in [4.69, 9.17) is 9.63 Å². The Morgan fingerprint density at radius 2 is 2.05 bits per heavy atom. The van der Waals surface area contributed by atoms with Crippen LogP contribution in [-0.4, -0.2) is 16.2 Å². The van der Waals surface area contributed by atoms with Gasteiger partial charge in [0.25, 0.3) is 0 Å². The minimum atomic E-state index is -0.865. The molecule has 104 valence electrons. The molecule has 1 aliphatic carbocycles. The lowest BCUT2D eigenvalue weighted by molar-refractivity contribution is -0.136. The lowest BCUT2D eigenvalue weighted by atomic mass is 9.89. The first-order chi connectivity index (χ1) is 9.65. The van der Waals surface area contributed by atoms with Crippen LogP contribution in [0, 0.1) is 6.92 Å². The first-order valence-corrected chi connectivity index (χ1v) is 6.94. The second-order valence-electron chi connectivity index (χ2n) is 5.34. The van der Waals surface area contributed by atoms with E-state index in [-0.39, 0.29) is 6.42 Å². The van der Waals surface area contributed by atoms with Crippen LogP contribution in [0.4, 0.5) is 0 Å². The van der Waals surface area contributed by atoms with Gasteiger partial charge in [0.05, 0.1) is 12.1 Å². The first kappa shape index (κ1) is 12.9. The third-order valence-corrected chi connectivity index (χ3v) is 3.92. The standard InChI is InChI=1S/C16H17NO3/c1-10-14(9-15(18)19)16(20-17-10)13-7-6-11-4-2-3-5-12(11)8-13/h6-8H,2-5,9H2,1H3,(H,18,19). The van der Waals surface area contributed by atoms with Crippen LogP contribution >= 0.6 is 0 Å². The zero-order chi connectivity index (χ0) is 14.1. The van der Waals surface area contributed by atoms with Crippen molar-refractivity contribution >= 4 is 5.97 Å². The lowest BCUT2D eigenvalue weighted by Gasteiger charge is -2.16. The molecule has 0 aliphatic heterocycles. The van der Waals surface area contributed by atoms with E-state index in [0.717, 1.165) is 18.4 Å². The quantitative estimate of drug-likeness (QED) is 0.931. The van der Waals surface area contributed by atoms with E-state index < -0.39 is 5.97 Å². The van der Waals surface area contributed by atoms with E-state index in [2.05, 4.69) is 17.3 Å². The van der Waals surface area contributed by atoms with E-state index >= 15 is 0 Å². The smallest absolute Gasteiger partial charge is 0.308 e. The summed E-state index contributed by atoms with van der Waals surface area (Å²) in [4.78, 5) is 11.0. The zero-order valence-corrected chi connectivity index (χ0v) is 11.5. The summed E-state index contributed by atoms with van der Waals surface area (Å²) in [6.07, 6.45) is 4.63. The number of hydrogen-bond acceptors (Lipinski definition) is 3. The molecule has 0 unspecified atom stereocenters. The van der Waals surface area contributed by atoms with Crippen LogP contribution in [-0.2, 0) is 24.1 Å². The minimum Gasteiger partial charge on any atom is -0.481 e. The maximum atomic E-state index is 11.0. The summed E-state index contributed by atoms with van der Waals surface area (Å²) in [7, 11) is 0. The number of hydrogen-bond donors (Lipinski definition) is 1. The summed E-state index contributed by atoms with van der Waals surface area (Å²) in [5.74, 6) is -0.270. The molecular formula is C16H17NO3. The highest BCUT2D eigenvalue weighted by Crippen LogP contribution is 2.31. The summed E-state index contributed by atoms with van der Waals surface area (Å²) >= 11 is 0. The molecule has 1 aromatic carbocycles. The first-order valence-electron chi connectivity index (χ1n) is 6.94. The van der Waals surface area contributed by atoms with Gasteiger partial charge in [-0.1, -0.05) is 17.3 Å². The maximum absolute atomic E-state index is 11.0. The Bertz CT molecular complexity index is 658. The molecule has 0 saturated heterocycles. The number of aromatic nitrogens is 1. The number of fused-ring (bicyclic) bond motifs is 1. The van der Waals surface area contributed by atoms with Crippen molar-refractivity contribution < 1.29 is 14.4 Å². The minimum absolute atomic E-state index is 0.0538. The number of carboxylic acids is 1. The molecule has 0 atom stereocenters. The highest BCUT2D eigenvalue weighted by Gasteiger charge is 2.19. The van der Waals surface area contributed by atoms with Crippen molar-refractivity contribution in [1.29, 1.82) is 0 Å². The predicted octanol–water partition coefficient (Wildman–Crippen LogP) is 3.16. The Labute approximate surface area is 117 Å². The molecule has 20 heavy (non-hydrogen) atoms. The highest BCUT2D eigenvalue weighted by molar-refractivity contribution is 5.75. The Morgan fingerprint density at radius 3 is 2.80 bits per heavy atom. The fourth-order valence-electron chi connectivity index (χ4n) is 2.85. The molecule has 4 heteroatoms. The monoisotopic (exact) mass is 271 g/mol. The van der Waals surface area contributed by atoms with Gasteiger partial charge in [0, 0.05) is 11.1 Å². The predicted molar refractivity (Wildman–Crippen MR) is 74.7 cm³/mol. The molecule has 0 saturated carbocycles. The third kappa shape index (κ3) is 2.33. The van der Waals surface area contributed by atoms with Crippen LogP contribution in [0.15, 0.2) is 22.7 Å². The normalized spacial score (nSPS) is 14.1. The Morgan fingerprint density at radius 1 is 1.30 bits per heavy atom. The molecule has 0 radical (unpaired) electrons. The number of rotatable bonds is 3. The van der Waals surface area contributed by atoms with Crippen molar-refractivity contribution in [3.05, 3.63) is 40.6 Å². The number of carboxylic acid groups (broad SMARTS) is 1. The molecule has 0 fully saturated rings. The molecule has 1 heterocycles. The molecule has 2 aromatic rings. The van der Waals surface area contributed by atoms with E-state index in [1.54, 1.807) is 6.92 Å². The van der Waals surface area contributed by atoms with Gasteiger partial charge < -0.3 is 9.63 Å². The van der Waals surface area contributed by atoms with Crippen LogP contribution in [0.5, 0.6) is 0 Å². The fraction of sp³-hybridized carbons (Fsp3) is 0.375. The maximum Gasteiger partial charge on any atom is 0.308 e. The highest BCUT2D eigenvalue weighted by atomic mass is 16.5. The summed E-state index contributed by atoms with van der Waals surface area (Å²) in [5, 5.41) is 12.9. The average Bonchev–Trinajstić information content (AvgIpc) is 2.79. The largest absolute Gasteiger partial charge is 0.481 e. The Kier molecular flexibility index (Phi) is 3.30. The van der Waals surface area contributed by atoms with Gasteiger partial charge in [-0.2, -0.15) is 0 Å². The zero-order valence-electron chi connectivity index (χ0n) is 11.5. The molecule has 4 nitrogen and oxygen atoms in total. The average molecular weight is 271 g/mol. The van der Waals surface area contributed by atoms with Crippen molar-refractivity contribution in [3.63, 3.8) is 0 Å². The van der Waals surface area contributed by atoms with Gasteiger partial charge in [0.1, 0.15) is 0 Å². The molecular weight excluding hydrogens is 254 g/mol. The SMILES string of the molecule is Cc1noc(-c2ccc3c(c2)CCCC3)c1CC(=O)O. The van der Waals surface area contributed by atoms with Crippen LogP contribution in [0.2, 0.25) is 0 Å². The third-order valence-electron chi connectivity index (χ3n) is 3.92. The van der Waals surface area contributed by atoms with Crippen molar-refractivity contribution in [2.24, 2.45) is 0 Å². The molecule has 1 aliphatic rings. The van der Waals surface area contributed by atoms with Crippen molar-refractivity contribution in [1.82, 2.24) is 5.16 Å². The number of nitrogens with zero attached hydrogens (tertiary/aromatic N) is 1. The number of aliphatic carboxylic acids is 1. The summed E-state index contributed by atoms with van der Waals surface area (Å²) in [5.41, 5.74) is 5.01. The molecule has 1 N–H and O–H groups in total. The Balaban J connectivity index is 2.03. The van der Waals surface area contributed by atoms with Gasteiger partial charge in [-0.25, -0.2) is 0 Å². The summed E-state index contributed by atoms with van der Waals surface area (Å²) in [6.45, 7) is 1.78. The van der Waals surface area contributed by atoms with Crippen LogP contribution in [0.1, 0.15) is 35.2 Å². The van der Waals surface area contributed by atoms with E-state index in [1.165, 1.54) is 24.0 Å². The van der Waals surface area contributed by atoms with Crippen LogP contribution in [0.25, 0.3) is 11.3 Å². The van der Waals surface area contributed by atoms with Crippen molar-refractivity contribution in [2.75, 3.05) is 0 Å². The van der Waals surface area contributed by atoms with Gasteiger partial charge in [0.2, 0.25) is 0 Å². The van der Waals surface area contributed by atoms with E-state index in [1.807, 2.05) is 6.07 Å². The molecule has 0 bridgehead atoms. The van der Waals surface area contributed by atoms with Crippen molar-refractivity contribution in [3.8, 4) is 11.3 Å². The van der Waals surface area contributed by atoms with Crippen LogP contribution < -0.4 is 0 Å². The van der Waals surface area contributed by atoms with Gasteiger partial charge in [-0.15, -0.1) is 0 Å². The molecule has 0 spiro atoms. The van der Waals surface area contributed by atoms with Gasteiger partial charge in [-0.3, -0.25) is 4.79 Å². The summed E-state index contributed by atoms with van der Waals surface area (Å²) in [6, 6.07) is 6.27. The van der Waals surface area contributed by atoms with Gasteiger partial charge >= 0.3 is 5.97 Å². The van der Waals surface area contributed by atoms with E-state index in [0.29, 0.717) is 17.0 Å². The number of aryl methyl sites for hydroxylation is 3. The lowest BCUT2D eigenvalue weighted by Crippen LogP contribution is -2.04. The van der Waals surface area contributed by atoms with Gasteiger partial charge in [-0.05, 0) is 49.8 Å². The van der Waals surface area contributed by atoms with E-state index in [9.17, 15) is 4.79 Å². The number of benzene rings is 1. The summed E-state index contributed by atoms with van der Waals surface area (Å²) < 4.78 is 5.36. The van der Waals surface area contributed by atoms with Gasteiger partial charge in [0.15, 0.2) is 5.76 Å². The molecule has 3 rings (SSSR count). The van der Waals surface area contributed by atoms with Crippen LogP contribution in [0.3, 0.4) is 0 Å². The Hall–Kier alpha value is -2.10. The molecule has 0 amide bonds. The topological polar surface area (TPSA) is 63.3 Å². The second kappa shape index (κ2) is 5.12. The molecule has 1 aromatic heterocycles. The van der Waals surface area contributed by atoms with Crippen molar-refractivity contribution in [2.45, 2.75) is 39.0 Å². The fourth-order valence-corrected chi connectivity index (χ4v) is 2.85.